The van der Waals surface area contributed by atoms with Crippen LogP contribution in [0.25, 0.3) is 32.3 Å². The normalized spacial score (nSPS) is 12.2. The highest BCUT2D eigenvalue weighted by molar-refractivity contribution is 7.93. The molecule has 0 atom stereocenters. The molecule has 0 heterocycles. The van der Waals surface area contributed by atoms with Crippen molar-refractivity contribution in [2.45, 2.75) is 0 Å². The lowest BCUT2D eigenvalue weighted by Crippen LogP contribution is -2.30. The molecule has 0 bridgehead atoms. The van der Waals surface area contributed by atoms with Gasteiger partial charge in [0.15, 0.2) is 0 Å². The molecule has 6 rings (SSSR count). The molecule has 0 aliphatic heterocycles. The summed E-state index contributed by atoms with van der Waals surface area (Å²) in [7, 11) is 0. The minimum Gasteiger partial charge on any atom is -0.207 e. The van der Waals surface area contributed by atoms with Gasteiger partial charge in [-0.05, 0) is 80.9 Å². The van der Waals surface area contributed by atoms with Crippen LogP contribution in [-0.2, 0) is 0 Å². The van der Waals surface area contributed by atoms with Crippen LogP contribution in [0.4, 0.5) is 17.6 Å². The maximum atomic E-state index is 15.3. The van der Waals surface area contributed by atoms with Crippen LogP contribution in [-0.4, -0.2) is 6.30 Å². The highest BCUT2D eigenvalue weighted by Crippen LogP contribution is 2.47. The van der Waals surface area contributed by atoms with Gasteiger partial charge in [0.2, 0.25) is 0 Å². The van der Waals surface area contributed by atoms with Gasteiger partial charge in [0.25, 0.3) is 0 Å². The van der Waals surface area contributed by atoms with Gasteiger partial charge in [-0.15, -0.1) is 0 Å². The van der Waals surface area contributed by atoms with E-state index in [-0.39, 0.29) is 10.6 Å². The van der Waals surface area contributed by atoms with Crippen molar-refractivity contribution >= 4 is 61.4 Å². The minimum atomic E-state index is -3.39. The average molecular weight is 472 g/mol. The molecule has 6 aromatic rings. The second kappa shape index (κ2) is 7.44. The largest absolute Gasteiger partial charge is 0.207 e. The SMILES string of the molecule is C=P(c1cc(F)ccc1F)(c1cc(F)ccc1F)c1ccc2ccc3cccc4ccc1c2c34. The Balaban J connectivity index is 1.82. The third-order valence-corrected chi connectivity index (χ3v) is 10.1. The fraction of sp³-hybridized carbons (Fsp3) is 0. The van der Waals surface area contributed by atoms with Gasteiger partial charge in [0, 0.05) is 10.6 Å². The van der Waals surface area contributed by atoms with Gasteiger partial charge in [0.1, 0.15) is 23.3 Å². The molecule has 0 unspecified atom stereocenters. The maximum Gasteiger partial charge on any atom is 0.131 e. The first-order chi connectivity index (χ1) is 16.4. The number of hydrogen-bond acceptors (Lipinski definition) is 0. The van der Waals surface area contributed by atoms with Gasteiger partial charge in [-0.3, -0.25) is 0 Å². The zero-order valence-corrected chi connectivity index (χ0v) is 18.7. The van der Waals surface area contributed by atoms with E-state index in [0.717, 1.165) is 68.7 Å². The molecule has 0 aromatic heterocycles. The van der Waals surface area contributed by atoms with Crippen LogP contribution in [0, 0.1) is 23.3 Å². The van der Waals surface area contributed by atoms with E-state index in [2.05, 4.69) is 6.30 Å². The van der Waals surface area contributed by atoms with E-state index in [1.807, 2.05) is 48.5 Å². The van der Waals surface area contributed by atoms with E-state index < -0.39 is 30.2 Å². The van der Waals surface area contributed by atoms with E-state index in [9.17, 15) is 8.78 Å². The van der Waals surface area contributed by atoms with E-state index in [1.54, 1.807) is 6.07 Å². The summed E-state index contributed by atoms with van der Waals surface area (Å²) in [6.07, 6.45) is 4.36. The summed E-state index contributed by atoms with van der Waals surface area (Å²) >= 11 is 0. The van der Waals surface area contributed by atoms with Gasteiger partial charge in [-0.25, -0.2) is 17.6 Å². The first-order valence-electron chi connectivity index (χ1n) is 10.7. The fourth-order valence-electron chi connectivity index (χ4n) is 5.00. The highest BCUT2D eigenvalue weighted by atomic mass is 31.2. The molecule has 0 radical (unpaired) electrons. The molecule has 34 heavy (non-hydrogen) atoms. The average Bonchev–Trinajstić information content (AvgIpc) is 2.85. The fourth-order valence-corrected chi connectivity index (χ4v) is 8.27. The Bertz CT molecular complexity index is 1720. The molecular weight excluding hydrogens is 455 g/mol. The van der Waals surface area contributed by atoms with Crippen molar-refractivity contribution < 1.29 is 17.6 Å². The van der Waals surface area contributed by atoms with Crippen LogP contribution < -0.4 is 15.9 Å². The Kier molecular flexibility index (Phi) is 4.59. The summed E-state index contributed by atoms with van der Waals surface area (Å²) in [5, 5.41) is 6.21. The predicted octanol–water partition coefficient (Wildman–Crippen LogP) is 6.87. The molecule has 0 saturated carbocycles. The number of halogens is 4. The van der Waals surface area contributed by atoms with E-state index in [4.69, 9.17) is 0 Å². The molecule has 0 N–H and O–H groups in total. The summed E-state index contributed by atoms with van der Waals surface area (Å²) in [5.41, 5.74) is 0. The highest BCUT2D eigenvalue weighted by Gasteiger charge is 2.31. The second-order valence-electron chi connectivity index (χ2n) is 8.44. The molecular formula is C29H17F4P. The zero-order valence-electron chi connectivity index (χ0n) is 17.8. The van der Waals surface area contributed by atoms with Crippen molar-refractivity contribution in [2.24, 2.45) is 0 Å². The molecule has 0 spiro atoms. The van der Waals surface area contributed by atoms with Gasteiger partial charge in [0.05, 0.1) is 0 Å². The molecule has 0 saturated heterocycles. The first-order valence-corrected chi connectivity index (χ1v) is 12.7. The predicted molar refractivity (Wildman–Crippen MR) is 136 cm³/mol. The Morgan fingerprint density at radius 2 is 1.00 bits per heavy atom. The molecule has 5 heteroatoms. The van der Waals surface area contributed by atoms with E-state index in [1.165, 1.54) is 0 Å². The van der Waals surface area contributed by atoms with Crippen molar-refractivity contribution in [3.05, 3.63) is 114 Å². The van der Waals surface area contributed by atoms with Crippen LogP contribution in [0.5, 0.6) is 0 Å². The lowest BCUT2D eigenvalue weighted by molar-refractivity contribution is 0.605. The lowest BCUT2D eigenvalue weighted by atomic mass is 9.94. The topological polar surface area (TPSA) is 0 Å². The van der Waals surface area contributed by atoms with Crippen LogP contribution in [0.2, 0.25) is 0 Å². The van der Waals surface area contributed by atoms with Gasteiger partial charge < -0.3 is 0 Å². The summed E-state index contributed by atoms with van der Waals surface area (Å²) < 4.78 is 59.3. The number of benzene rings is 6. The van der Waals surface area contributed by atoms with Crippen molar-refractivity contribution in [1.29, 1.82) is 0 Å². The first kappa shape index (κ1) is 20.9. The monoisotopic (exact) mass is 472 g/mol. The lowest BCUT2D eigenvalue weighted by Gasteiger charge is -2.29. The third-order valence-electron chi connectivity index (χ3n) is 6.56. The second-order valence-corrected chi connectivity index (χ2v) is 11.5. The number of hydrogen-bond donors (Lipinski definition) is 0. The maximum absolute atomic E-state index is 15.3. The summed E-state index contributed by atoms with van der Waals surface area (Å²) in [6.45, 7) is -3.39. The van der Waals surface area contributed by atoms with Crippen LogP contribution >= 0.6 is 6.89 Å². The molecule has 6 aromatic carbocycles. The summed E-state index contributed by atoms with van der Waals surface area (Å²) in [5.74, 6) is -2.75. The quantitative estimate of drug-likeness (QED) is 0.150. The Morgan fingerprint density at radius 1 is 0.500 bits per heavy atom. The standard InChI is InChI=1S/C29H17F4P/c1-34(26-15-20(30)9-12-23(26)32,27-16-21(31)10-13-24(27)33)25-14-8-19-6-5-17-3-2-4-18-7-11-22(25)29(19)28(17)18/h2-16H,1H2. The zero-order chi connectivity index (χ0) is 23.6. The van der Waals surface area contributed by atoms with E-state index >= 15 is 8.78 Å². The van der Waals surface area contributed by atoms with Crippen molar-refractivity contribution in [3.63, 3.8) is 0 Å². The molecule has 0 aliphatic carbocycles. The van der Waals surface area contributed by atoms with Crippen LogP contribution in [0.1, 0.15) is 0 Å². The minimum absolute atomic E-state index is 0.0629. The van der Waals surface area contributed by atoms with Crippen molar-refractivity contribution in [2.75, 3.05) is 0 Å². The summed E-state index contributed by atoms with van der Waals surface area (Å²) in [4.78, 5) is 0. The molecule has 166 valence electrons. The Hall–Kier alpha value is -3.62. The molecule has 0 aliphatic rings. The van der Waals surface area contributed by atoms with Crippen LogP contribution in [0.15, 0.2) is 91.0 Å². The van der Waals surface area contributed by atoms with Gasteiger partial charge in [-0.1, -0.05) is 60.9 Å². The van der Waals surface area contributed by atoms with E-state index in [0.29, 0.717) is 5.30 Å². The van der Waals surface area contributed by atoms with Crippen molar-refractivity contribution in [1.82, 2.24) is 0 Å². The Labute approximate surface area is 193 Å². The van der Waals surface area contributed by atoms with Crippen molar-refractivity contribution in [3.8, 4) is 0 Å². The molecule has 0 amide bonds. The Morgan fingerprint density at radius 3 is 1.59 bits per heavy atom. The number of rotatable bonds is 3. The van der Waals surface area contributed by atoms with Gasteiger partial charge in [-0.2, -0.15) is 0 Å². The molecule has 0 fully saturated rings. The van der Waals surface area contributed by atoms with Crippen LogP contribution in [0.3, 0.4) is 0 Å². The van der Waals surface area contributed by atoms with Gasteiger partial charge >= 0.3 is 0 Å². The third kappa shape index (κ3) is 2.92. The smallest absolute Gasteiger partial charge is 0.131 e. The summed E-state index contributed by atoms with van der Waals surface area (Å²) in [6, 6.07) is 23.7. The molecule has 0 nitrogen and oxygen atoms in total.